The third-order valence-corrected chi connectivity index (χ3v) is 3.77. The molecule has 0 heterocycles. The molecule has 0 aliphatic carbocycles. The van der Waals surface area contributed by atoms with Crippen molar-refractivity contribution in [3.8, 4) is 0 Å². The van der Waals surface area contributed by atoms with Gasteiger partial charge in [-0.05, 0) is 51.4 Å². The average molecular weight is 299 g/mol. The van der Waals surface area contributed by atoms with E-state index in [0.717, 1.165) is 29.2 Å². The molecule has 0 aliphatic heterocycles. The molecule has 20 heavy (non-hydrogen) atoms. The fourth-order valence-electron chi connectivity index (χ4n) is 2.31. The van der Waals surface area contributed by atoms with Gasteiger partial charge in [-0.2, -0.15) is 0 Å². The Balaban J connectivity index is 2.91. The Bertz CT molecular complexity index is 409. The van der Waals surface area contributed by atoms with Crippen molar-refractivity contribution in [2.24, 2.45) is 0 Å². The first-order chi connectivity index (χ1) is 9.51. The normalized spacial score (nSPS) is 12.8. The number of aliphatic hydroxyl groups excluding tert-OH is 1. The van der Waals surface area contributed by atoms with Crippen LogP contribution in [-0.4, -0.2) is 30.8 Å². The Hall–Kier alpha value is -0.770. The molecule has 0 radical (unpaired) electrons. The van der Waals surface area contributed by atoms with E-state index in [0.29, 0.717) is 12.6 Å². The van der Waals surface area contributed by atoms with Gasteiger partial charge in [0.05, 0.1) is 6.61 Å². The van der Waals surface area contributed by atoms with Gasteiger partial charge in [0.25, 0.3) is 0 Å². The minimum absolute atomic E-state index is 0.145. The van der Waals surface area contributed by atoms with E-state index in [9.17, 15) is 5.11 Å². The van der Waals surface area contributed by atoms with E-state index in [1.807, 2.05) is 6.07 Å². The Morgan fingerprint density at radius 2 is 2.00 bits per heavy atom. The first-order valence-corrected chi connectivity index (χ1v) is 7.79. The quantitative estimate of drug-likeness (QED) is 0.769. The zero-order valence-corrected chi connectivity index (χ0v) is 13.7. The summed E-state index contributed by atoms with van der Waals surface area (Å²) in [5.41, 5.74) is 2.18. The van der Waals surface area contributed by atoms with E-state index in [-0.39, 0.29) is 12.6 Å². The van der Waals surface area contributed by atoms with Crippen molar-refractivity contribution in [3.05, 3.63) is 28.8 Å². The number of anilines is 1. The maximum Gasteiger partial charge on any atom is 0.0606 e. The monoisotopic (exact) mass is 298 g/mol. The number of aliphatic hydroxyl groups is 1. The van der Waals surface area contributed by atoms with Gasteiger partial charge in [0, 0.05) is 29.3 Å². The van der Waals surface area contributed by atoms with Crippen LogP contribution in [0.15, 0.2) is 18.2 Å². The van der Waals surface area contributed by atoms with E-state index in [1.165, 1.54) is 0 Å². The third kappa shape index (κ3) is 4.65. The molecule has 1 rings (SSSR count). The summed E-state index contributed by atoms with van der Waals surface area (Å²) in [5.74, 6) is 0. The van der Waals surface area contributed by atoms with E-state index >= 15 is 0 Å². The van der Waals surface area contributed by atoms with Crippen molar-refractivity contribution in [3.63, 3.8) is 0 Å². The molecular weight excluding hydrogens is 272 g/mol. The smallest absolute Gasteiger partial charge is 0.0606 e. The van der Waals surface area contributed by atoms with Crippen molar-refractivity contribution in [1.29, 1.82) is 0 Å². The van der Waals surface area contributed by atoms with Gasteiger partial charge >= 0.3 is 0 Å². The molecule has 0 saturated carbocycles. The zero-order chi connectivity index (χ0) is 15.1. The van der Waals surface area contributed by atoms with Crippen LogP contribution in [0.3, 0.4) is 0 Å². The lowest BCUT2D eigenvalue weighted by Crippen LogP contribution is -2.33. The number of hydrogen-bond donors (Lipinski definition) is 2. The van der Waals surface area contributed by atoms with E-state index in [2.05, 4.69) is 50.0 Å². The molecule has 3 nitrogen and oxygen atoms in total. The highest BCUT2D eigenvalue weighted by molar-refractivity contribution is 6.31. The van der Waals surface area contributed by atoms with Gasteiger partial charge < -0.3 is 15.3 Å². The fraction of sp³-hybridized carbons (Fsp3) is 0.625. The first kappa shape index (κ1) is 17.3. The Kier molecular flexibility index (Phi) is 7.35. The molecule has 0 aliphatic rings. The van der Waals surface area contributed by atoms with Gasteiger partial charge in [0.2, 0.25) is 0 Å². The summed E-state index contributed by atoms with van der Waals surface area (Å²) in [6.07, 6.45) is 1.11. The molecule has 0 fully saturated rings. The predicted octanol–water partition coefficient (Wildman–Crippen LogP) is 3.61. The lowest BCUT2D eigenvalue weighted by Gasteiger charge is -2.29. The van der Waals surface area contributed by atoms with Crippen LogP contribution in [0, 0.1) is 0 Å². The average Bonchev–Trinajstić information content (AvgIpc) is 2.41. The molecule has 1 aromatic rings. The van der Waals surface area contributed by atoms with Gasteiger partial charge in [0.15, 0.2) is 0 Å². The number of halogens is 1. The Labute approximate surface area is 127 Å². The summed E-state index contributed by atoms with van der Waals surface area (Å²) in [6, 6.07) is 6.75. The van der Waals surface area contributed by atoms with Crippen LogP contribution in [0.25, 0.3) is 0 Å². The van der Waals surface area contributed by atoms with E-state index < -0.39 is 0 Å². The Morgan fingerprint density at radius 1 is 1.30 bits per heavy atom. The van der Waals surface area contributed by atoms with Crippen LogP contribution < -0.4 is 10.2 Å². The van der Waals surface area contributed by atoms with Crippen LogP contribution in [-0.2, 0) is 0 Å². The highest BCUT2D eigenvalue weighted by Gasteiger charge is 2.14. The topological polar surface area (TPSA) is 35.5 Å². The number of nitrogens with zero attached hydrogens (tertiary/aromatic N) is 1. The number of rotatable bonds is 8. The van der Waals surface area contributed by atoms with Gasteiger partial charge in [-0.3, -0.25) is 0 Å². The minimum atomic E-state index is 0.145. The summed E-state index contributed by atoms with van der Waals surface area (Å²) >= 11 is 6.42. The maximum atomic E-state index is 9.17. The molecule has 1 unspecified atom stereocenters. The molecular formula is C16H27ClN2O. The van der Waals surface area contributed by atoms with Crippen LogP contribution in [0.1, 0.15) is 45.7 Å². The SMILES string of the molecule is CCCNC(C)c1ccc(N(CCO)C(C)C)cc1Cl. The van der Waals surface area contributed by atoms with Gasteiger partial charge in [-0.1, -0.05) is 24.6 Å². The highest BCUT2D eigenvalue weighted by Crippen LogP contribution is 2.28. The molecule has 114 valence electrons. The van der Waals surface area contributed by atoms with E-state index in [4.69, 9.17) is 11.6 Å². The molecule has 0 spiro atoms. The van der Waals surface area contributed by atoms with Crippen molar-refractivity contribution >= 4 is 17.3 Å². The third-order valence-electron chi connectivity index (χ3n) is 3.45. The second-order valence-corrected chi connectivity index (χ2v) is 5.80. The maximum absolute atomic E-state index is 9.17. The second-order valence-electron chi connectivity index (χ2n) is 5.39. The van der Waals surface area contributed by atoms with E-state index in [1.54, 1.807) is 0 Å². The summed E-state index contributed by atoms with van der Waals surface area (Å²) < 4.78 is 0. The zero-order valence-electron chi connectivity index (χ0n) is 13.0. The molecule has 4 heteroatoms. The first-order valence-electron chi connectivity index (χ1n) is 7.41. The van der Waals surface area contributed by atoms with Gasteiger partial charge in [0.1, 0.15) is 0 Å². The lowest BCUT2D eigenvalue weighted by molar-refractivity contribution is 0.299. The molecule has 2 N–H and O–H groups in total. The van der Waals surface area contributed by atoms with Crippen molar-refractivity contribution in [2.75, 3.05) is 24.6 Å². The highest BCUT2D eigenvalue weighted by atomic mass is 35.5. The second kappa shape index (κ2) is 8.50. The molecule has 0 aromatic heterocycles. The van der Waals surface area contributed by atoms with Crippen LogP contribution >= 0.6 is 11.6 Å². The van der Waals surface area contributed by atoms with Crippen LogP contribution in [0.4, 0.5) is 5.69 Å². The summed E-state index contributed by atoms with van der Waals surface area (Å²) in [4.78, 5) is 2.15. The van der Waals surface area contributed by atoms with Crippen molar-refractivity contribution in [1.82, 2.24) is 5.32 Å². The molecule has 0 bridgehead atoms. The number of nitrogens with one attached hydrogen (secondary N) is 1. The minimum Gasteiger partial charge on any atom is -0.395 e. The summed E-state index contributed by atoms with van der Waals surface area (Å²) in [7, 11) is 0. The summed E-state index contributed by atoms with van der Waals surface area (Å²) in [5, 5.41) is 13.4. The van der Waals surface area contributed by atoms with Gasteiger partial charge in [-0.15, -0.1) is 0 Å². The predicted molar refractivity (Wildman–Crippen MR) is 87.7 cm³/mol. The lowest BCUT2D eigenvalue weighted by atomic mass is 10.1. The molecule has 1 aromatic carbocycles. The fourth-order valence-corrected chi connectivity index (χ4v) is 2.65. The molecule has 0 saturated heterocycles. The largest absolute Gasteiger partial charge is 0.395 e. The summed E-state index contributed by atoms with van der Waals surface area (Å²) in [6.45, 7) is 10.3. The standard InChI is InChI=1S/C16H27ClN2O/c1-5-8-18-13(4)15-7-6-14(11-16(15)17)19(9-10-20)12(2)3/h6-7,11-13,18,20H,5,8-10H2,1-4H3. The van der Waals surface area contributed by atoms with Crippen molar-refractivity contribution in [2.45, 2.75) is 46.2 Å². The Morgan fingerprint density at radius 3 is 2.50 bits per heavy atom. The van der Waals surface area contributed by atoms with Crippen LogP contribution in [0.2, 0.25) is 5.02 Å². The number of benzene rings is 1. The van der Waals surface area contributed by atoms with Gasteiger partial charge in [-0.25, -0.2) is 0 Å². The van der Waals surface area contributed by atoms with Crippen molar-refractivity contribution < 1.29 is 5.11 Å². The molecule has 1 atom stereocenters. The number of hydrogen-bond acceptors (Lipinski definition) is 3. The van der Waals surface area contributed by atoms with Crippen LogP contribution in [0.5, 0.6) is 0 Å². The molecule has 0 amide bonds.